The van der Waals surface area contributed by atoms with Crippen molar-refractivity contribution in [2.45, 2.75) is 22.9 Å². The second kappa shape index (κ2) is 8.74. The Balaban J connectivity index is 1.54. The van der Waals surface area contributed by atoms with Crippen LogP contribution in [0, 0.1) is 0 Å². The fraction of sp³-hybridized carbons (Fsp3) is 0.0870. The molecule has 4 aromatic rings. The Morgan fingerprint density at radius 1 is 0.966 bits per heavy atom. The Morgan fingerprint density at radius 3 is 2.38 bits per heavy atom. The Hall–Kier alpha value is -2.73. The summed E-state index contributed by atoms with van der Waals surface area (Å²) in [7, 11) is 0. The maximum Gasteiger partial charge on any atom is 0.266 e. The highest BCUT2D eigenvalue weighted by Gasteiger charge is 2.17. The largest absolute Gasteiger partial charge is 0.364 e. The van der Waals surface area contributed by atoms with Crippen LogP contribution in [0.5, 0.6) is 0 Å². The third-order valence-corrected chi connectivity index (χ3v) is 5.98. The van der Waals surface area contributed by atoms with Crippen LogP contribution in [0.2, 0.25) is 5.02 Å². The Kier molecular flexibility index (Phi) is 5.90. The predicted molar refractivity (Wildman–Crippen MR) is 119 cm³/mol. The standard InChI is InChI=1S/C23H20ClN3OS/c24-17-9-6-15(7-10-17)13-26-14-16-8-11-19-20(12-16)27-21(23(25)28)22(19)29-18-4-2-1-3-5-18/h1-12,26-27H,13-14H2,(H2,25,28). The van der Waals surface area contributed by atoms with E-state index >= 15 is 0 Å². The van der Waals surface area contributed by atoms with Crippen molar-refractivity contribution in [3.8, 4) is 0 Å². The second-order valence-electron chi connectivity index (χ2n) is 6.72. The molecule has 0 aliphatic rings. The Morgan fingerprint density at radius 2 is 1.66 bits per heavy atom. The first-order chi connectivity index (χ1) is 14.1. The Bertz CT molecular complexity index is 1140. The topological polar surface area (TPSA) is 70.9 Å². The van der Waals surface area contributed by atoms with Crippen LogP contribution in [-0.2, 0) is 13.1 Å². The first-order valence-corrected chi connectivity index (χ1v) is 10.4. The van der Waals surface area contributed by atoms with Crippen molar-refractivity contribution in [3.63, 3.8) is 0 Å². The van der Waals surface area contributed by atoms with Gasteiger partial charge in [0.25, 0.3) is 5.91 Å². The van der Waals surface area contributed by atoms with Crippen LogP contribution in [-0.4, -0.2) is 10.9 Å². The second-order valence-corrected chi connectivity index (χ2v) is 8.24. The summed E-state index contributed by atoms with van der Waals surface area (Å²) in [5.41, 5.74) is 9.27. The van der Waals surface area contributed by atoms with Crippen molar-refractivity contribution in [1.29, 1.82) is 0 Å². The van der Waals surface area contributed by atoms with Crippen molar-refractivity contribution in [2.24, 2.45) is 5.73 Å². The third kappa shape index (κ3) is 4.65. The van der Waals surface area contributed by atoms with Crippen molar-refractivity contribution < 1.29 is 4.79 Å². The number of hydrogen-bond acceptors (Lipinski definition) is 3. The fourth-order valence-corrected chi connectivity index (χ4v) is 4.36. The molecule has 0 fully saturated rings. The summed E-state index contributed by atoms with van der Waals surface area (Å²) in [6.07, 6.45) is 0. The van der Waals surface area contributed by atoms with Crippen LogP contribution in [0.1, 0.15) is 21.6 Å². The molecule has 1 amide bonds. The number of carbonyl (C=O) groups excluding carboxylic acids is 1. The van der Waals surface area contributed by atoms with E-state index in [1.165, 1.54) is 5.56 Å². The number of benzene rings is 3. The molecule has 0 atom stereocenters. The van der Waals surface area contributed by atoms with E-state index in [0.717, 1.165) is 37.8 Å². The van der Waals surface area contributed by atoms with E-state index in [2.05, 4.69) is 22.4 Å². The number of aromatic nitrogens is 1. The Labute approximate surface area is 178 Å². The summed E-state index contributed by atoms with van der Waals surface area (Å²) < 4.78 is 0. The van der Waals surface area contributed by atoms with Crippen LogP contribution in [0.25, 0.3) is 10.9 Å². The van der Waals surface area contributed by atoms with Gasteiger partial charge in [-0.3, -0.25) is 4.79 Å². The lowest BCUT2D eigenvalue weighted by atomic mass is 10.1. The van der Waals surface area contributed by atoms with Gasteiger partial charge in [0.2, 0.25) is 0 Å². The van der Waals surface area contributed by atoms with Crippen molar-refractivity contribution in [2.75, 3.05) is 0 Å². The molecule has 6 heteroatoms. The number of rotatable bonds is 7. The van der Waals surface area contributed by atoms with E-state index in [1.54, 1.807) is 11.8 Å². The van der Waals surface area contributed by atoms with Gasteiger partial charge in [-0.05, 0) is 41.5 Å². The van der Waals surface area contributed by atoms with Crippen LogP contribution in [0.15, 0.2) is 82.6 Å². The zero-order valence-electron chi connectivity index (χ0n) is 15.6. The molecule has 146 valence electrons. The fourth-order valence-electron chi connectivity index (χ4n) is 3.17. The van der Waals surface area contributed by atoms with Crippen LogP contribution in [0.4, 0.5) is 0 Å². The molecule has 1 aromatic heterocycles. The average Bonchev–Trinajstić information content (AvgIpc) is 3.08. The van der Waals surface area contributed by atoms with Gasteiger partial charge >= 0.3 is 0 Å². The highest BCUT2D eigenvalue weighted by molar-refractivity contribution is 7.99. The third-order valence-electron chi connectivity index (χ3n) is 4.60. The molecule has 1 heterocycles. The molecular weight excluding hydrogens is 402 g/mol. The molecule has 0 aliphatic carbocycles. The molecule has 0 unspecified atom stereocenters. The van der Waals surface area contributed by atoms with Crippen LogP contribution in [0.3, 0.4) is 0 Å². The van der Waals surface area contributed by atoms with Gasteiger partial charge in [-0.2, -0.15) is 0 Å². The van der Waals surface area contributed by atoms with E-state index in [0.29, 0.717) is 12.2 Å². The van der Waals surface area contributed by atoms with Crippen LogP contribution < -0.4 is 11.1 Å². The van der Waals surface area contributed by atoms with Crippen molar-refractivity contribution in [1.82, 2.24) is 10.3 Å². The predicted octanol–water partition coefficient (Wildman–Crippen LogP) is 5.36. The molecule has 4 nitrogen and oxygen atoms in total. The quantitative estimate of drug-likeness (QED) is 0.376. The van der Waals surface area contributed by atoms with Gasteiger partial charge in [-0.1, -0.05) is 65.8 Å². The van der Waals surface area contributed by atoms with E-state index in [4.69, 9.17) is 17.3 Å². The van der Waals surface area contributed by atoms with Gasteiger partial charge in [0.05, 0.1) is 4.90 Å². The van der Waals surface area contributed by atoms with Gasteiger partial charge in [-0.25, -0.2) is 0 Å². The van der Waals surface area contributed by atoms with E-state index in [9.17, 15) is 4.79 Å². The zero-order chi connectivity index (χ0) is 20.2. The molecule has 29 heavy (non-hydrogen) atoms. The summed E-state index contributed by atoms with van der Waals surface area (Å²) >= 11 is 7.47. The molecule has 4 rings (SSSR count). The van der Waals surface area contributed by atoms with Crippen molar-refractivity contribution in [3.05, 3.63) is 94.6 Å². The molecule has 0 bridgehead atoms. The molecule has 0 aliphatic heterocycles. The van der Waals surface area contributed by atoms with E-state index < -0.39 is 5.91 Å². The first kappa shape index (κ1) is 19.6. The van der Waals surface area contributed by atoms with E-state index in [-0.39, 0.29) is 0 Å². The molecule has 0 spiro atoms. The van der Waals surface area contributed by atoms with Crippen LogP contribution >= 0.6 is 23.4 Å². The van der Waals surface area contributed by atoms with Gasteiger partial charge in [0.1, 0.15) is 5.69 Å². The molecule has 3 aromatic carbocycles. The SMILES string of the molecule is NC(=O)c1[nH]c2cc(CNCc3ccc(Cl)cc3)ccc2c1Sc1ccccc1. The summed E-state index contributed by atoms with van der Waals surface area (Å²) in [4.78, 5) is 17.1. The smallest absolute Gasteiger partial charge is 0.266 e. The minimum absolute atomic E-state index is 0.445. The molecule has 0 saturated heterocycles. The van der Waals surface area contributed by atoms with Gasteiger partial charge in [0.15, 0.2) is 0 Å². The highest BCUT2D eigenvalue weighted by atomic mass is 35.5. The number of hydrogen-bond donors (Lipinski definition) is 3. The summed E-state index contributed by atoms with van der Waals surface area (Å²) in [5.74, 6) is -0.456. The minimum atomic E-state index is -0.456. The number of H-pyrrole nitrogens is 1. The number of carbonyl (C=O) groups is 1. The molecule has 4 N–H and O–H groups in total. The van der Waals surface area contributed by atoms with Gasteiger partial charge < -0.3 is 16.0 Å². The first-order valence-electron chi connectivity index (χ1n) is 9.22. The summed E-state index contributed by atoms with van der Waals surface area (Å²) in [6, 6.07) is 23.9. The molecular formula is C23H20ClN3OS. The maximum absolute atomic E-state index is 12.0. The number of primary amides is 1. The summed E-state index contributed by atoms with van der Waals surface area (Å²) in [6.45, 7) is 1.46. The maximum atomic E-state index is 12.0. The normalized spacial score (nSPS) is 11.1. The van der Waals surface area contributed by atoms with Gasteiger partial charge in [-0.15, -0.1) is 0 Å². The number of halogens is 1. The van der Waals surface area contributed by atoms with Gasteiger partial charge in [0, 0.05) is 33.9 Å². The average molecular weight is 422 g/mol. The summed E-state index contributed by atoms with van der Waals surface area (Å²) in [5, 5.41) is 5.16. The number of amides is 1. The van der Waals surface area contributed by atoms with Crippen molar-refractivity contribution >= 4 is 40.2 Å². The molecule has 0 saturated carbocycles. The lowest BCUT2D eigenvalue weighted by Crippen LogP contribution is -2.12. The number of nitrogens with two attached hydrogens (primary N) is 1. The lowest BCUT2D eigenvalue weighted by molar-refractivity contribution is 0.0993. The molecule has 0 radical (unpaired) electrons. The minimum Gasteiger partial charge on any atom is -0.364 e. The number of aromatic amines is 1. The lowest BCUT2D eigenvalue weighted by Gasteiger charge is -2.06. The monoisotopic (exact) mass is 421 g/mol. The zero-order valence-corrected chi connectivity index (χ0v) is 17.2. The number of nitrogens with one attached hydrogen (secondary N) is 2. The number of fused-ring (bicyclic) bond motifs is 1. The van der Waals surface area contributed by atoms with E-state index in [1.807, 2.05) is 60.7 Å². The highest BCUT2D eigenvalue weighted by Crippen LogP contribution is 2.36.